The number of aromatic nitrogens is 1. The molecule has 7 heteroatoms. The average molecular weight is 346 g/mol. The first-order valence-electron chi connectivity index (χ1n) is 7.14. The highest BCUT2D eigenvalue weighted by atomic mass is 19.4. The van der Waals surface area contributed by atoms with Crippen LogP contribution in [0.15, 0.2) is 48.7 Å². The van der Waals surface area contributed by atoms with Crippen molar-refractivity contribution in [1.29, 1.82) is 5.26 Å². The number of ether oxygens (including phenoxy) is 1. The molecular formula is C18H13F3N2O2. The molecule has 0 saturated carbocycles. The van der Waals surface area contributed by atoms with E-state index in [1.54, 1.807) is 30.3 Å². The summed E-state index contributed by atoms with van der Waals surface area (Å²) < 4.78 is 42.8. The van der Waals surface area contributed by atoms with E-state index >= 15 is 0 Å². The van der Waals surface area contributed by atoms with E-state index in [4.69, 9.17) is 4.74 Å². The molecule has 4 nitrogen and oxygen atoms in total. The minimum absolute atomic E-state index is 0.0369. The number of para-hydroxylation sites is 1. The number of carbonyl (C=O) groups excluding carboxylic acids is 1. The van der Waals surface area contributed by atoms with Crippen LogP contribution in [-0.4, -0.2) is 17.9 Å². The summed E-state index contributed by atoms with van der Waals surface area (Å²) in [5, 5.41) is 9.19. The first-order chi connectivity index (χ1) is 11.9. The summed E-state index contributed by atoms with van der Waals surface area (Å²) in [5.74, 6) is -1.32. The van der Waals surface area contributed by atoms with Crippen LogP contribution in [0.1, 0.15) is 22.7 Å². The van der Waals surface area contributed by atoms with Gasteiger partial charge in [-0.05, 0) is 30.4 Å². The van der Waals surface area contributed by atoms with Crippen LogP contribution in [0.4, 0.5) is 13.2 Å². The van der Waals surface area contributed by atoms with Gasteiger partial charge in [0.2, 0.25) is 0 Å². The fourth-order valence-electron chi connectivity index (χ4n) is 2.09. The van der Waals surface area contributed by atoms with Gasteiger partial charge in [-0.2, -0.15) is 18.4 Å². The van der Waals surface area contributed by atoms with Crippen molar-refractivity contribution in [1.82, 2.24) is 4.98 Å². The van der Waals surface area contributed by atoms with Crippen molar-refractivity contribution in [2.24, 2.45) is 0 Å². The van der Waals surface area contributed by atoms with Gasteiger partial charge < -0.3 is 4.74 Å². The lowest BCUT2D eigenvalue weighted by molar-refractivity contribution is -0.137. The van der Waals surface area contributed by atoms with E-state index in [9.17, 15) is 23.2 Å². The fourth-order valence-corrected chi connectivity index (χ4v) is 2.09. The maximum absolute atomic E-state index is 12.5. The molecule has 0 saturated heterocycles. The van der Waals surface area contributed by atoms with Crippen molar-refractivity contribution in [2.45, 2.75) is 12.1 Å². The minimum atomic E-state index is -4.53. The van der Waals surface area contributed by atoms with Gasteiger partial charge in [-0.25, -0.2) is 0 Å². The molecule has 1 aromatic heterocycles. The second-order valence-electron chi connectivity index (χ2n) is 5.01. The van der Waals surface area contributed by atoms with Crippen LogP contribution in [0.2, 0.25) is 0 Å². The Balaban J connectivity index is 2.21. The predicted octanol–water partition coefficient (Wildman–Crippen LogP) is 4.00. The summed E-state index contributed by atoms with van der Waals surface area (Å²) in [4.78, 5) is 15.8. The van der Waals surface area contributed by atoms with Crippen LogP contribution in [0.25, 0.3) is 6.08 Å². The van der Waals surface area contributed by atoms with Crippen molar-refractivity contribution < 1.29 is 22.7 Å². The van der Waals surface area contributed by atoms with Crippen molar-refractivity contribution in [3.63, 3.8) is 0 Å². The van der Waals surface area contributed by atoms with Gasteiger partial charge in [0.25, 0.3) is 0 Å². The van der Waals surface area contributed by atoms with Crippen LogP contribution < -0.4 is 4.74 Å². The van der Waals surface area contributed by atoms with Gasteiger partial charge in [-0.15, -0.1) is 0 Å². The molecule has 0 N–H and O–H groups in total. The van der Waals surface area contributed by atoms with Crippen LogP contribution in [0, 0.1) is 11.3 Å². The third-order valence-electron chi connectivity index (χ3n) is 3.39. The zero-order valence-electron chi connectivity index (χ0n) is 13.1. The number of halogens is 3. The standard InChI is InChI=1S/C18H13F3N2O2/c1-25-17-5-3-2-4-12(17)6-9-16(24)14(10-22)15-8-7-13(11-23-15)18(19,20)21/h2-9,11,14H,1H3/b9-6+/t14-/m1/s1. The number of ketones is 1. The molecular weight excluding hydrogens is 333 g/mol. The fraction of sp³-hybridized carbons (Fsp3) is 0.167. The van der Waals surface area contributed by atoms with E-state index in [-0.39, 0.29) is 5.69 Å². The van der Waals surface area contributed by atoms with Gasteiger partial charge in [-0.3, -0.25) is 9.78 Å². The van der Waals surface area contributed by atoms with Crippen molar-refractivity contribution >= 4 is 11.9 Å². The molecule has 1 aromatic carbocycles. The van der Waals surface area contributed by atoms with Gasteiger partial charge >= 0.3 is 6.18 Å². The Morgan fingerprint density at radius 3 is 2.56 bits per heavy atom. The largest absolute Gasteiger partial charge is 0.496 e. The number of nitriles is 1. The number of hydrogen-bond acceptors (Lipinski definition) is 4. The van der Waals surface area contributed by atoms with E-state index in [0.717, 1.165) is 12.1 Å². The molecule has 2 aromatic rings. The Hall–Kier alpha value is -3.14. The number of benzene rings is 1. The molecule has 0 aliphatic rings. The molecule has 0 radical (unpaired) electrons. The lowest BCUT2D eigenvalue weighted by Gasteiger charge is -2.09. The molecule has 1 atom stereocenters. The number of alkyl halides is 3. The number of carbonyl (C=O) groups is 1. The highest BCUT2D eigenvalue weighted by molar-refractivity contribution is 6.00. The Morgan fingerprint density at radius 1 is 1.28 bits per heavy atom. The molecule has 128 valence electrons. The highest BCUT2D eigenvalue weighted by Crippen LogP contribution is 2.29. The summed E-state index contributed by atoms with van der Waals surface area (Å²) in [6.07, 6.45) is -1.25. The Bertz CT molecular complexity index is 821. The van der Waals surface area contributed by atoms with E-state index in [0.29, 0.717) is 17.5 Å². The molecule has 25 heavy (non-hydrogen) atoms. The summed E-state index contributed by atoms with van der Waals surface area (Å²) >= 11 is 0. The van der Waals surface area contributed by atoms with Gasteiger partial charge in [0.05, 0.1) is 24.4 Å². The van der Waals surface area contributed by atoms with E-state index in [1.165, 1.54) is 19.3 Å². The molecule has 1 heterocycles. The lowest BCUT2D eigenvalue weighted by atomic mass is 9.99. The van der Waals surface area contributed by atoms with E-state index in [2.05, 4.69) is 4.98 Å². The Labute approximate surface area is 142 Å². The third-order valence-corrected chi connectivity index (χ3v) is 3.39. The number of methoxy groups -OCH3 is 1. The van der Waals surface area contributed by atoms with E-state index < -0.39 is 23.4 Å². The second-order valence-corrected chi connectivity index (χ2v) is 5.01. The monoisotopic (exact) mass is 346 g/mol. The van der Waals surface area contributed by atoms with Gasteiger partial charge in [0.15, 0.2) is 11.7 Å². The molecule has 0 unspecified atom stereocenters. The summed E-state index contributed by atoms with van der Waals surface area (Å²) in [6, 6.07) is 10.6. The topological polar surface area (TPSA) is 63.0 Å². The van der Waals surface area contributed by atoms with Gasteiger partial charge in [0, 0.05) is 11.8 Å². The highest BCUT2D eigenvalue weighted by Gasteiger charge is 2.31. The lowest BCUT2D eigenvalue weighted by Crippen LogP contribution is -2.11. The number of rotatable bonds is 5. The van der Waals surface area contributed by atoms with Crippen molar-refractivity contribution in [3.05, 3.63) is 65.5 Å². The molecule has 0 aliphatic heterocycles. The third kappa shape index (κ3) is 4.44. The second kappa shape index (κ2) is 7.62. The number of allylic oxidation sites excluding steroid dienone is 1. The molecule has 0 amide bonds. The molecule has 0 fully saturated rings. The summed E-state index contributed by atoms with van der Waals surface area (Å²) in [5.41, 5.74) is -0.342. The maximum atomic E-state index is 12.5. The number of nitrogens with zero attached hydrogens (tertiary/aromatic N) is 2. The Kier molecular flexibility index (Phi) is 5.55. The SMILES string of the molecule is COc1ccccc1/C=C/C(=O)[C@H](C#N)c1ccc(C(F)(F)F)cn1. The van der Waals surface area contributed by atoms with Crippen LogP contribution in [0.3, 0.4) is 0 Å². The Morgan fingerprint density at radius 2 is 2.00 bits per heavy atom. The average Bonchev–Trinajstić information content (AvgIpc) is 2.60. The minimum Gasteiger partial charge on any atom is -0.496 e. The summed E-state index contributed by atoms with van der Waals surface area (Å²) in [7, 11) is 1.48. The number of hydrogen-bond donors (Lipinski definition) is 0. The quantitative estimate of drug-likeness (QED) is 0.768. The maximum Gasteiger partial charge on any atom is 0.417 e. The van der Waals surface area contributed by atoms with Crippen LogP contribution in [0.5, 0.6) is 5.75 Å². The van der Waals surface area contributed by atoms with Gasteiger partial charge in [-0.1, -0.05) is 18.2 Å². The van der Waals surface area contributed by atoms with E-state index in [1.807, 2.05) is 0 Å². The smallest absolute Gasteiger partial charge is 0.417 e. The summed E-state index contributed by atoms with van der Waals surface area (Å²) in [6.45, 7) is 0. The normalized spacial score (nSPS) is 12.6. The molecule has 0 aliphatic carbocycles. The van der Waals surface area contributed by atoms with Gasteiger partial charge in [0.1, 0.15) is 5.75 Å². The first kappa shape index (κ1) is 18.2. The molecule has 0 bridgehead atoms. The first-order valence-corrected chi connectivity index (χ1v) is 7.14. The zero-order chi connectivity index (χ0) is 18.4. The molecule has 2 rings (SSSR count). The van der Waals surface area contributed by atoms with Crippen molar-refractivity contribution in [2.75, 3.05) is 7.11 Å². The zero-order valence-corrected chi connectivity index (χ0v) is 13.1. The molecule has 0 spiro atoms. The number of pyridine rings is 1. The van der Waals surface area contributed by atoms with Crippen molar-refractivity contribution in [3.8, 4) is 11.8 Å². The predicted molar refractivity (Wildman–Crippen MR) is 84.6 cm³/mol. The van der Waals surface area contributed by atoms with Crippen LogP contribution in [-0.2, 0) is 11.0 Å². The van der Waals surface area contributed by atoms with Crippen LogP contribution >= 0.6 is 0 Å².